The van der Waals surface area contributed by atoms with Crippen molar-refractivity contribution in [1.82, 2.24) is 4.90 Å². The molecule has 1 heterocycles. The second-order valence-electron chi connectivity index (χ2n) is 6.33. The molecule has 7 nitrogen and oxygen atoms in total. The Balaban J connectivity index is 1.86. The van der Waals surface area contributed by atoms with E-state index in [1.165, 1.54) is 39.9 Å². The van der Waals surface area contributed by atoms with Crippen LogP contribution in [0.5, 0.6) is 5.75 Å². The summed E-state index contributed by atoms with van der Waals surface area (Å²) >= 11 is 0. The molecular weight excluding hydrogens is 348 g/mol. The van der Waals surface area contributed by atoms with Gasteiger partial charge in [-0.1, -0.05) is 12.8 Å². The highest BCUT2D eigenvalue weighted by atomic mass is 16.5. The van der Waals surface area contributed by atoms with Crippen LogP contribution in [0.4, 0.5) is 5.69 Å². The molecule has 0 unspecified atom stereocenters. The Bertz CT molecular complexity index is 634. The molecule has 1 aromatic carbocycles. The highest BCUT2D eigenvalue weighted by Crippen LogP contribution is 2.18. The van der Waals surface area contributed by atoms with E-state index in [9.17, 15) is 9.59 Å². The van der Waals surface area contributed by atoms with Crippen LogP contribution in [0.3, 0.4) is 0 Å². The molecule has 1 aliphatic heterocycles. The maximum Gasteiger partial charge on any atom is 0.354 e. The minimum Gasteiger partial charge on any atom is -0.492 e. The SMILES string of the molecule is COC(=O)/C=C(/Nc1ccc(OCCN2CCCCCC2)cc1)C(=O)OC. The first-order valence-corrected chi connectivity index (χ1v) is 9.22. The number of nitrogens with zero attached hydrogens (tertiary/aromatic N) is 1. The van der Waals surface area contributed by atoms with Gasteiger partial charge in [0.05, 0.1) is 20.3 Å². The summed E-state index contributed by atoms with van der Waals surface area (Å²) in [6, 6.07) is 7.18. The number of ether oxygens (including phenoxy) is 3. The number of benzene rings is 1. The highest BCUT2D eigenvalue weighted by molar-refractivity contribution is 5.98. The van der Waals surface area contributed by atoms with Crippen molar-refractivity contribution in [2.45, 2.75) is 25.7 Å². The van der Waals surface area contributed by atoms with Gasteiger partial charge in [0.2, 0.25) is 0 Å². The third kappa shape index (κ3) is 7.30. The lowest BCUT2D eigenvalue weighted by Crippen LogP contribution is -2.29. The second kappa shape index (κ2) is 11.2. The zero-order valence-corrected chi connectivity index (χ0v) is 16.0. The maximum atomic E-state index is 11.8. The second-order valence-corrected chi connectivity index (χ2v) is 6.33. The Hall–Kier alpha value is -2.54. The van der Waals surface area contributed by atoms with E-state index in [0.717, 1.165) is 31.5 Å². The third-order valence-electron chi connectivity index (χ3n) is 4.38. The van der Waals surface area contributed by atoms with Crippen LogP contribution < -0.4 is 10.1 Å². The average Bonchev–Trinajstić information content (AvgIpc) is 2.97. The van der Waals surface area contributed by atoms with Crippen LogP contribution in [0.1, 0.15) is 25.7 Å². The van der Waals surface area contributed by atoms with Gasteiger partial charge in [-0.05, 0) is 50.2 Å². The molecule has 0 aromatic heterocycles. The molecule has 1 saturated heterocycles. The van der Waals surface area contributed by atoms with E-state index in [2.05, 4.69) is 19.7 Å². The predicted octanol–water partition coefficient (Wildman–Crippen LogP) is 2.58. The fraction of sp³-hybridized carbons (Fsp3) is 0.500. The molecule has 0 spiro atoms. The summed E-state index contributed by atoms with van der Waals surface area (Å²) in [6.45, 7) is 3.86. The summed E-state index contributed by atoms with van der Waals surface area (Å²) in [5.41, 5.74) is 0.634. The molecule has 0 amide bonds. The van der Waals surface area contributed by atoms with Gasteiger partial charge in [-0.2, -0.15) is 0 Å². The predicted molar refractivity (Wildman–Crippen MR) is 103 cm³/mol. The van der Waals surface area contributed by atoms with Gasteiger partial charge in [0.1, 0.15) is 18.1 Å². The Labute approximate surface area is 160 Å². The highest BCUT2D eigenvalue weighted by Gasteiger charge is 2.13. The standard InChI is InChI=1S/C20H28N2O5/c1-25-19(23)15-18(20(24)26-2)21-16-7-9-17(10-8-16)27-14-13-22-11-5-3-4-6-12-22/h7-10,15,21H,3-6,11-14H2,1-2H3/b18-15+. The van der Waals surface area contributed by atoms with Crippen LogP contribution in [-0.4, -0.2) is 57.3 Å². The fourth-order valence-electron chi connectivity index (χ4n) is 2.88. The molecule has 1 aliphatic rings. The van der Waals surface area contributed by atoms with E-state index in [1.54, 1.807) is 12.1 Å². The summed E-state index contributed by atoms with van der Waals surface area (Å²) in [5, 5.41) is 2.86. The maximum absolute atomic E-state index is 11.8. The zero-order chi connectivity index (χ0) is 19.5. The van der Waals surface area contributed by atoms with E-state index in [0.29, 0.717) is 12.3 Å². The number of hydrogen-bond donors (Lipinski definition) is 1. The van der Waals surface area contributed by atoms with E-state index in [1.807, 2.05) is 12.1 Å². The van der Waals surface area contributed by atoms with Crippen molar-refractivity contribution in [3.63, 3.8) is 0 Å². The lowest BCUT2D eigenvalue weighted by atomic mass is 10.2. The number of carbonyl (C=O) groups excluding carboxylic acids is 2. The Kier molecular flexibility index (Phi) is 8.64. The number of carbonyl (C=O) groups is 2. The van der Waals surface area contributed by atoms with Crippen molar-refractivity contribution in [1.29, 1.82) is 0 Å². The number of anilines is 1. The summed E-state index contributed by atoms with van der Waals surface area (Å²) in [7, 11) is 2.49. The first-order valence-electron chi connectivity index (χ1n) is 9.22. The van der Waals surface area contributed by atoms with Crippen LogP contribution in [0.25, 0.3) is 0 Å². The number of likely N-dealkylation sites (tertiary alicyclic amines) is 1. The molecule has 0 bridgehead atoms. The van der Waals surface area contributed by atoms with E-state index >= 15 is 0 Å². The monoisotopic (exact) mass is 376 g/mol. The number of methoxy groups -OCH3 is 2. The molecular formula is C20H28N2O5. The van der Waals surface area contributed by atoms with Crippen LogP contribution in [0.15, 0.2) is 36.0 Å². The van der Waals surface area contributed by atoms with Gasteiger partial charge in [0.25, 0.3) is 0 Å². The van der Waals surface area contributed by atoms with Crippen molar-refractivity contribution >= 4 is 17.6 Å². The van der Waals surface area contributed by atoms with Gasteiger partial charge in [-0.15, -0.1) is 0 Å². The Morgan fingerprint density at radius 1 is 1.04 bits per heavy atom. The smallest absolute Gasteiger partial charge is 0.354 e. The van der Waals surface area contributed by atoms with Gasteiger partial charge in [0.15, 0.2) is 0 Å². The van der Waals surface area contributed by atoms with Gasteiger partial charge in [-0.3, -0.25) is 4.90 Å². The summed E-state index contributed by atoms with van der Waals surface area (Å²) in [4.78, 5) is 25.6. The number of nitrogens with one attached hydrogen (secondary N) is 1. The van der Waals surface area contributed by atoms with Crippen molar-refractivity contribution in [2.24, 2.45) is 0 Å². The summed E-state index contributed by atoms with van der Waals surface area (Å²) in [6.07, 6.45) is 6.23. The fourth-order valence-corrected chi connectivity index (χ4v) is 2.88. The molecule has 148 valence electrons. The van der Waals surface area contributed by atoms with Crippen molar-refractivity contribution < 1.29 is 23.8 Å². The minimum atomic E-state index is -0.654. The largest absolute Gasteiger partial charge is 0.492 e. The topological polar surface area (TPSA) is 77.1 Å². The lowest BCUT2D eigenvalue weighted by molar-refractivity contribution is -0.138. The molecule has 7 heteroatoms. The Morgan fingerprint density at radius 2 is 1.70 bits per heavy atom. The lowest BCUT2D eigenvalue weighted by Gasteiger charge is -2.19. The van der Waals surface area contributed by atoms with Crippen molar-refractivity contribution in [3.8, 4) is 5.75 Å². The summed E-state index contributed by atoms with van der Waals surface area (Å²) < 4.78 is 15.0. The average molecular weight is 376 g/mol. The van der Waals surface area contributed by atoms with Crippen LogP contribution in [-0.2, 0) is 19.1 Å². The van der Waals surface area contributed by atoms with Crippen LogP contribution in [0, 0.1) is 0 Å². The molecule has 1 fully saturated rings. The van der Waals surface area contributed by atoms with Crippen LogP contribution >= 0.6 is 0 Å². The number of rotatable bonds is 8. The van der Waals surface area contributed by atoms with E-state index in [-0.39, 0.29) is 5.70 Å². The van der Waals surface area contributed by atoms with Crippen molar-refractivity contribution in [2.75, 3.05) is 45.8 Å². The first kappa shape index (κ1) is 20.8. The van der Waals surface area contributed by atoms with Gasteiger partial charge in [0, 0.05) is 12.2 Å². The molecule has 0 saturated carbocycles. The molecule has 1 aromatic rings. The normalized spacial score (nSPS) is 15.6. The minimum absolute atomic E-state index is 0.000757. The number of esters is 2. The van der Waals surface area contributed by atoms with Gasteiger partial charge >= 0.3 is 11.9 Å². The molecule has 0 radical (unpaired) electrons. The molecule has 2 rings (SSSR count). The Morgan fingerprint density at radius 3 is 2.30 bits per heavy atom. The zero-order valence-electron chi connectivity index (χ0n) is 16.0. The van der Waals surface area contributed by atoms with E-state index in [4.69, 9.17) is 4.74 Å². The first-order chi connectivity index (χ1) is 13.1. The molecule has 27 heavy (non-hydrogen) atoms. The van der Waals surface area contributed by atoms with Gasteiger partial charge in [-0.25, -0.2) is 9.59 Å². The third-order valence-corrected chi connectivity index (χ3v) is 4.38. The van der Waals surface area contributed by atoms with E-state index < -0.39 is 11.9 Å². The van der Waals surface area contributed by atoms with Crippen molar-refractivity contribution in [3.05, 3.63) is 36.0 Å². The molecule has 0 atom stereocenters. The summed E-state index contributed by atoms with van der Waals surface area (Å²) in [5.74, 6) is -0.540. The van der Waals surface area contributed by atoms with Gasteiger partial charge < -0.3 is 19.5 Å². The molecule has 1 N–H and O–H groups in total. The van der Waals surface area contributed by atoms with Crippen LogP contribution in [0.2, 0.25) is 0 Å². The number of hydrogen-bond acceptors (Lipinski definition) is 7. The molecule has 0 aliphatic carbocycles. The quantitative estimate of drug-likeness (QED) is 0.552.